The first kappa shape index (κ1) is 14.2. The molecule has 0 aromatic heterocycles. The van der Waals surface area contributed by atoms with Crippen molar-refractivity contribution >= 4 is 12.0 Å². The molecule has 0 saturated heterocycles. The van der Waals surface area contributed by atoms with E-state index in [0.29, 0.717) is 18.8 Å². The first-order valence-corrected chi connectivity index (χ1v) is 7.34. The van der Waals surface area contributed by atoms with Gasteiger partial charge in [-0.3, -0.25) is 0 Å². The van der Waals surface area contributed by atoms with Crippen molar-refractivity contribution in [3.8, 4) is 0 Å². The predicted octanol–water partition coefficient (Wildman–Crippen LogP) is 2.26. The van der Waals surface area contributed by atoms with Crippen molar-refractivity contribution in [1.29, 1.82) is 0 Å². The molecule has 0 heterocycles. The van der Waals surface area contributed by atoms with Gasteiger partial charge in [-0.1, -0.05) is 26.2 Å². The van der Waals surface area contributed by atoms with Gasteiger partial charge in [-0.15, -0.1) is 0 Å². The molecule has 5 nitrogen and oxygen atoms in total. The van der Waals surface area contributed by atoms with Crippen molar-refractivity contribution in [2.24, 2.45) is 5.92 Å². The number of hydrogen-bond donors (Lipinski definition) is 3. The van der Waals surface area contributed by atoms with E-state index in [9.17, 15) is 14.7 Å². The average molecular weight is 268 g/mol. The van der Waals surface area contributed by atoms with Crippen LogP contribution in [0.3, 0.4) is 0 Å². The SMILES string of the molecule is CC1CCC(NC(=O)NC2(C(=O)O)CCCCC2)C1. The highest BCUT2D eigenvalue weighted by Gasteiger charge is 2.41. The van der Waals surface area contributed by atoms with Gasteiger partial charge < -0.3 is 15.7 Å². The molecule has 2 unspecified atom stereocenters. The molecule has 2 aliphatic rings. The van der Waals surface area contributed by atoms with E-state index in [0.717, 1.165) is 38.5 Å². The van der Waals surface area contributed by atoms with Gasteiger partial charge in [0.25, 0.3) is 0 Å². The van der Waals surface area contributed by atoms with E-state index in [2.05, 4.69) is 17.6 Å². The van der Waals surface area contributed by atoms with E-state index in [1.54, 1.807) is 0 Å². The molecule has 0 radical (unpaired) electrons. The maximum absolute atomic E-state index is 12.0. The lowest BCUT2D eigenvalue weighted by molar-refractivity contribution is -0.145. The molecule has 0 spiro atoms. The lowest BCUT2D eigenvalue weighted by atomic mass is 9.82. The minimum absolute atomic E-state index is 0.199. The molecular formula is C14H24N2O3. The highest BCUT2D eigenvalue weighted by molar-refractivity contribution is 5.86. The smallest absolute Gasteiger partial charge is 0.329 e. The molecule has 2 aliphatic carbocycles. The Bertz CT molecular complexity index is 351. The Morgan fingerprint density at radius 1 is 1.16 bits per heavy atom. The molecule has 0 bridgehead atoms. The van der Waals surface area contributed by atoms with Crippen molar-refractivity contribution in [1.82, 2.24) is 10.6 Å². The fourth-order valence-corrected chi connectivity index (χ4v) is 3.32. The third-order valence-corrected chi connectivity index (χ3v) is 4.50. The van der Waals surface area contributed by atoms with Crippen LogP contribution in [0.5, 0.6) is 0 Å². The molecule has 2 rings (SSSR count). The van der Waals surface area contributed by atoms with Crippen LogP contribution in [-0.2, 0) is 4.79 Å². The van der Waals surface area contributed by atoms with E-state index in [-0.39, 0.29) is 12.1 Å². The van der Waals surface area contributed by atoms with E-state index in [4.69, 9.17) is 0 Å². The fraction of sp³-hybridized carbons (Fsp3) is 0.857. The van der Waals surface area contributed by atoms with Crippen LogP contribution in [0.2, 0.25) is 0 Å². The second-order valence-corrected chi connectivity index (χ2v) is 6.16. The first-order valence-electron chi connectivity index (χ1n) is 7.34. The largest absolute Gasteiger partial charge is 0.480 e. The topological polar surface area (TPSA) is 78.4 Å². The molecule has 5 heteroatoms. The minimum Gasteiger partial charge on any atom is -0.480 e. The van der Waals surface area contributed by atoms with Gasteiger partial charge in [0.05, 0.1) is 0 Å². The summed E-state index contributed by atoms with van der Waals surface area (Å²) >= 11 is 0. The van der Waals surface area contributed by atoms with Gasteiger partial charge in [-0.2, -0.15) is 0 Å². The highest BCUT2D eigenvalue weighted by Crippen LogP contribution is 2.29. The Morgan fingerprint density at radius 2 is 1.84 bits per heavy atom. The zero-order valence-electron chi connectivity index (χ0n) is 11.6. The van der Waals surface area contributed by atoms with Gasteiger partial charge in [0, 0.05) is 6.04 Å². The standard InChI is InChI=1S/C14H24N2O3/c1-10-5-6-11(9-10)15-13(19)16-14(12(17)18)7-3-2-4-8-14/h10-11H,2-9H2,1H3,(H,17,18)(H2,15,16,19). The number of carbonyl (C=O) groups is 2. The lowest BCUT2D eigenvalue weighted by Crippen LogP contribution is -2.59. The summed E-state index contributed by atoms with van der Waals surface area (Å²) in [5.74, 6) is -0.254. The molecular weight excluding hydrogens is 244 g/mol. The summed E-state index contributed by atoms with van der Waals surface area (Å²) in [6.07, 6.45) is 6.99. The third-order valence-electron chi connectivity index (χ3n) is 4.50. The second kappa shape index (κ2) is 5.80. The maximum atomic E-state index is 12.0. The summed E-state index contributed by atoms with van der Waals surface area (Å²) in [5, 5.41) is 15.0. The molecule has 0 aliphatic heterocycles. The molecule has 108 valence electrons. The van der Waals surface area contributed by atoms with Gasteiger partial charge in [0.2, 0.25) is 0 Å². The number of aliphatic carboxylic acids is 1. The summed E-state index contributed by atoms with van der Waals surface area (Å²) in [7, 11) is 0. The van der Waals surface area contributed by atoms with Crippen LogP contribution >= 0.6 is 0 Å². The predicted molar refractivity (Wildman–Crippen MR) is 71.9 cm³/mol. The normalized spacial score (nSPS) is 29.7. The van der Waals surface area contributed by atoms with Crippen molar-refractivity contribution in [2.45, 2.75) is 69.9 Å². The number of nitrogens with one attached hydrogen (secondary N) is 2. The fourth-order valence-electron chi connectivity index (χ4n) is 3.32. The van der Waals surface area contributed by atoms with Crippen molar-refractivity contribution in [3.63, 3.8) is 0 Å². The minimum atomic E-state index is -1.05. The maximum Gasteiger partial charge on any atom is 0.329 e. The van der Waals surface area contributed by atoms with Crippen LogP contribution in [0, 0.1) is 5.92 Å². The summed E-state index contributed by atoms with van der Waals surface area (Å²) in [6.45, 7) is 2.18. The number of hydrogen-bond acceptors (Lipinski definition) is 2. The molecule has 2 atom stereocenters. The Labute approximate surface area is 114 Å². The zero-order valence-corrected chi connectivity index (χ0v) is 11.6. The Morgan fingerprint density at radius 3 is 2.37 bits per heavy atom. The van der Waals surface area contributed by atoms with Crippen molar-refractivity contribution < 1.29 is 14.7 Å². The quantitative estimate of drug-likeness (QED) is 0.734. The van der Waals surface area contributed by atoms with Crippen LogP contribution in [0.1, 0.15) is 58.3 Å². The molecule has 0 aromatic carbocycles. The number of carboxylic acid groups (broad SMARTS) is 1. The van der Waals surface area contributed by atoms with Gasteiger partial charge >= 0.3 is 12.0 Å². The summed E-state index contributed by atoms with van der Waals surface area (Å²) in [4.78, 5) is 23.5. The van der Waals surface area contributed by atoms with E-state index in [1.807, 2.05) is 0 Å². The van der Waals surface area contributed by atoms with Crippen LogP contribution < -0.4 is 10.6 Å². The summed E-state index contributed by atoms with van der Waals surface area (Å²) < 4.78 is 0. The highest BCUT2D eigenvalue weighted by atomic mass is 16.4. The third kappa shape index (κ3) is 3.39. The summed E-state index contributed by atoms with van der Waals surface area (Å²) in [5.41, 5.74) is -1.05. The van der Waals surface area contributed by atoms with Gasteiger partial charge in [0.15, 0.2) is 0 Å². The van der Waals surface area contributed by atoms with Crippen molar-refractivity contribution in [2.75, 3.05) is 0 Å². The van der Waals surface area contributed by atoms with E-state index in [1.165, 1.54) is 0 Å². The van der Waals surface area contributed by atoms with E-state index >= 15 is 0 Å². The number of amides is 2. The zero-order chi connectivity index (χ0) is 13.9. The Kier molecular flexibility index (Phi) is 4.32. The molecule has 3 N–H and O–H groups in total. The van der Waals surface area contributed by atoms with E-state index < -0.39 is 11.5 Å². The molecule has 2 amide bonds. The van der Waals surface area contributed by atoms with Gasteiger partial charge in [-0.05, 0) is 38.0 Å². The molecule has 2 fully saturated rings. The van der Waals surface area contributed by atoms with Crippen LogP contribution in [-0.4, -0.2) is 28.7 Å². The number of carboxylic acids is 1. The number of carbonyl (C=O) groups excluding carboxylic acids is 1. The first-order chi connectivity index (χ1) is 9.02. The Balaban J connectivity index is 1.90. The molecule has 2 saturated carbocycles. The van der Waals surface area contributed by atoms with Crippen LogP contribution in [0.25, 0.3) is 0 Å². The number of rotatable bonds is 3. The van der Waals surface area contributed by atoms with Gasteiger partial charge in [0.1, 0.15) is 5.54 Å². The Hall–Kier alpha value is -1.26. The van der Waals surface area contributed by atoms with Crippen molar-refractivity contribution in [3.05, 3.63) is 0 Å². The second-order valence-electron chi connectivity index (χ2n) is 6.16. The lowest BCUT2D eigenvalue weighted by Gasteiger charge is -2.34. The van der Waals surface area contributed by atoms with Gasteiger partial charge in [-0.25, -0.2) is 9.59 Å². The van der Waals surface area contributed by atoms with Crippen LogP contribution in [0.15, 0.2) is 0 Å². The summed E-state index contributed by atoms with van der Waals surface area (Å²) in [6, 6.07) is -0.118. The number of urea groups is 1. The average Bonchev–Trinajstić information content (AvgIpc) is 2.75. The van der Waals surface area contributed by atoms with Crippen LogP contribution in [0.4, 0.5) is 4.79 Å². The monoisotopic (exact) mass is 268 g/mol. The molecule has 19 heavy (non-hydrogen) atoms. The molecule has 0 aromatic rings.